The second kappa shape index (κ2) is 9.88. The van der Waals surface area contributed by atoms with Crippen LogP contribution >= 0.6 is 0 Å². The highest BCUT2D eigenvalue weighted by Crippen LogP contribution is 2.50. The molecule has 1 saturated carbocycles. The fraction of sp³-hybridized carbons (Fsp3) is 0.458. The Balaban J connectivity index is 1.48. The molecule has 2 aliphatic rings. The number of benzene rings is 2. The van der Waals surface area contributed by atoms with Gasteiger partial charge in [-0.2, -0.15) is 8.78 Å². The van der Waals surface area contributed by atoms with Crippen molar-refractivity contribution < 1.29 is 36.2 Å². The summed E-state index contributed by atoms with van der Waals surface area (Å²) in [7, 11) is 3.39. The predicted molar refractivity (Wildman–Crippen MR) is 118 cm³/mol. The Bertz CT molecular complexity index is 1080. The minimum Gasteiger partial charge on any atom is -0.493 e. The van der Waals surface area contributed by atoms with Crippen LogP contribution < -0.4 is 20.1 Å². The van der Waals surface area contributed by atoms with E-state index in [4.69, 9.17) is 4.74 Å². The highest BCUT2D eigenvalue weighted by Gasteiger charge is 2.50. The topological polar surface area (TPSA) is 62.8 Å². The maximum atomic E-state index is 13.4. The van der Waals surface area contributed by atoms with E-state index in [1.54, 1.807) is 12.1 Å². The second-order valence-electron chi connectivity index (χ2n) is 8.97. The van der Waals surface area contributed by atoms with Gasteiger partial charge in [0, 0.05) is 35.3 Å². The lowest BCUT2D eigenvalue weighted by Gasteiger charge is -2.45. The van der Waals surface area contributed by atoms with Gasteiger partial charge in [-0.25, -0.2) is 18.0 Å². The number of urea groups is 1. The lowest BCUT2D eigenvalue weighted by atomic mass is 9.65. The number of nitrogens with one attached hydrogen (secondary N) is 2. The monoisotopic (exact) mass is 499 g/mol. The average Bonchev–Trinajstić information content (AvgIpc) is 3.14. The van der Waals surface area contributed by atoms with Gasteiger partial charge in [-0.3, -0.25) is 0 Å². The van der Waals surface area contributed by atoms with Crippen LogP contribution in [0.5, 0.6) is 11.5 Å². The van der Waals surface area contributed by atoms with E-state index in [2.05, 4.69) is 20.3 Å². The minimum absolute atomic E-state index is 0.0359. The molecule has 1 aliphatic heterocycles. The van der Waals surface area contributed by atoms with Crippen LogP contribution in [0.1, 0.15) is 31.2 Å². The van der Waals surface area contributed by atoms with Crippen molar-refractivity contribution in [2.45, 2.75) is 49.8 Å². The first kappa shape index (κ1) is 25.0. The van der Waals surface area contributed by atoms with Crippen LogP contribution in [0, 0.1) is 17.5 Å². The van der Waals surface area contributed by atoms with Crippen LogP contribution in [-0.4, -0.2) is 50.3 Å². The number of nitrogens with zero attached hydrogens (tertiary/aromatic N) is 1. The number of methoxy groups -OCH3 is 1. The maximum Gasteiger partial charge on any atom is 0.387 e. The third-order valence-electron chi connectivity index (χ3n) is 7.06. The number of anilines is 1. The molecule has 11 heteroatoms. The number of alkyl halides is 2. The number of carbonyl (C=O) groups excluding carboxylic acids is 1. The van der Waals surface area contributed by atoms with Crippen molar-refractivity contribution in [1.82, 2.24) is 10.2 Å². The fourth-order valence-electron chi connectivity index (χ4n) is 5.40. The number of amides is 2. The molecule has 4 rings (SSSR count). The molecule has 0 aromatic heterocycles. The van der Waals surface area contributed by atoms with Crippen molar-refractivity contribution in [3.8, 4) is 11.5 Å². The molecule has 1 heterocycles. The second-order valence-corrected chi connectivity index (χ2v) is 8.97. The van der Waals surface area contributed by atoms with Crippen molar-refractivity contribution in [2.75, 3.05) is 26.0 Å². The van der Waals surface area contributed by atoms with Gasteiger partial charge in [-0.1, -0.05) is 6.07 Å². The van der Waals surface area contributed by atoms with E-state index in [0.29, 0.717) is 31.4 Å². The van der Waals surface area contributed by atoms with Gasteiger partial charge in [0.1, 0.15) is 0 Å². The number of ether oxygens (including phenoxy) is 2. The van der Waals surface area contributed by atoms with E-state index >= 15 is 0 Å². The van der Waals surface area contributed by atoms with Gasteiger partial charge in [0.25, 0.3) is 0 Å². The standard InChI is InChI=1S/C24H26F5N3O3/c1-32-8-7-24(13-3-4-18(35-22(28)29)19(9-13)34-2)6-5-14(12-20(24)32)30-23(33)31-15-10-16(25)21(27)17(26)11-15/h3-4,9-11,14,20,22H,5-8,12H2,1-2H3,(H2,30,31,33)/t14-,20+,24+/m1/s1. The Morgan fingerprint density at radius 3 is 2.49 bits per heavy atom. The molecule has 1 saturated heterocycles. The smallest absolute Gasteiger partial charge is 0.387 e. The highest BCUT2D eigenvalue weighted by atomic mass is 19.3. The molecule has 0 radical (unpaired) electrons. The highest BCUT2D eigenvalue weighted by molar-refractivity contribution is 5.89. The van der Waals surface area contributed by atoms with Crippen LogP contribution in [0.25, 0.3) is 0 Å². The minimum atomic E-state index is -2.96. The van der Waals surface area contributed by atoms with Crippen molar-refractivity contribution in [3.05, 3.63) is 53.3 Å². The number of fused-ring (bicyclic) bond motifs is 1. The number of carbonyl (C=O) groups is 1. The SMILES string of the molecule is COc1cc([C@@]23CC[C@@H](NC(=O)Nc4cc(F)c(F)c(F)c4)C[C@@H]2N(C)CC3)ccc1OC(F)F. The van der Waals surface area contributed by atoms with Gasteiger partial charge in [0.05, 0.1) is 7.11 Å². The number of hydrogen-bond donors (Lipinski definition) is 2. The van der Waals surface area contributed by atoms with Crippen LogP contribution in [0.2, 0.25) is 0 Å². The van der Waals surface area contributed by atoms with Crippen molar-refractivity contribution >= 4 is 11.7 Å². The molecule has 2 fully saturated rings. The Hall–Kier alpha value is -3.08. The van der Waals surface area contributed by atoms with E-state index in [1.807, 2.05) is 7.05 Å². The molecule has 2 aromatic carbocycles. The third-order valence-corrected chi connectivity index (χ3v) is 7.06. The lowest BCUT2D eigenvalue weighted by Crippen LogP contribution is -2.52. The van der Waals surface area contributed by atoms with Gasteiger partial charge < -0.3 is 25.0 Å². The molecule has 0 bridgehead atoms. The molecule has 3 atom stereocenters. The number of halogens is 5. The van der Waals surface area contributed by atoms with Crippen LogP contribution in [0.15, 0.2) is 30.3 Å². The summed E-state index contributed by atoms with van der Waals surface area (Å²) in [5.74, 6) is -4.20. The largest absolute Gasteiger partial charge is 0.493 e. The first-order valence-electron chi connectivity index (χ1n) is 11.2. The molecule has 0 unspecified atom stereocenters. The molecular formula is C24H26F5N3O3. The lowest BCUT2D eigenvalue weighted by molar-refractivity contribution is -0.0512. The molecule has 6 nitrogen and oxygen atoms in total. The van der Waals surface area contributed by atoms with Crippen molar-refractivity contribution in [1.29, 1.82) is 0 Å². The van der Waals surface area contributed by atoms with Gasteiger partial charge in [-0.15, -0.1) is 0 Å². The summed E-state index contributed by atoms with van der Waals surface area (Å²) in [5.41, 5.74) is 0.495. The number of hydrogen-bond acceptors (Lipinski definition) is 4. The molecule has 0 spiro atoms. The average molecular weight is 499 g/mol. The first-order valence-corrected chi connectivity index (χ1v) is 11.2. The van der Waals surface area contributed by atoms with Crippen LogP contribution in [-0.2, 0) is 5.41 Å². The number of rotatable bonds is 6. The number of likely N-dealkylation sites (N-methyl/N-ethyl adjacent to an activating group) is 1. The first-order chi connectivity index (χ1) is 16.6. The molecule has 35 heavy (non-hydrogen) atoms. The Morgan fingerprint density at radius 1 is 1.11 bits per heavy atom. The molecule has 2 N–H and O–H groups in total. The normalized spacial score (nSPS) is 24.2. The summed E-state index contributed by atoms with van der Waals surface area (Å²) >= 11 is 0. The molecule has 2 amide bonds. The van der Waals surface area contributed by atoms with Crippen LogP contribution in [0.3, 0.4) is 0 Å². The van der Waals surface area contributed by atoms with E-state index < -0.39 is 30.1 Å². The van der Waals surface area contributed by atoms with E-state index in [0.717, 1.165) is 18.5 Å². The summed E-state index contributed by atoms with van der Waals surface area (Å²) in [6.07, 6.45) is 2.79. The number of likely N-dealkylation sites (tertiary alicyclic amines) is 1. The summed E-state index contributed by atoms with van der Waals surface area (Å²) in [5, 5.41) is 5.18. The van der Waals surface area contributed by atoms with Gasteiger partial charge in [0.2, 0.25) is 0 Å². The van der Waals surface area contributed by atoms with Crippen molar-refractivity contribution in [3.63, 3.8) is 0 Å². The predicted octanol–water partition coefficient (Wildman–Crippen LogP) is 5.03. The van der Waals surface area contributed by atoms with Gasteiger partial charge in [0.15, 0.2) is 29.0 Å². The maximum absolute atomic E-state index is 13.4. The molecule has 1 aliphatic carbocycles. The summed E-state index contributed by atoms with van der Waals surface area (Å²) in [6, 6.07) is 5.62. The summed E-state index contributed by atoms with van der Waals surface area (Å²) < 4.78 is 75.3. The quantitative estimate of drug-likeness (QED) is 0.433. The zero-order valence-electron chi connectivity index (χ0n) is 19.2. The van der Waals surface area contributed by atoms with E-state index in [-0.39, 0.29) is 34.7 Å². The van der Waals surface area contributed by atoms with Gasteiger partial charge >= 0.3 is 12.6 Å². The van der Waals surface area contributed by atoms with E-state index in [1.165, 1.54) is 13.2 Å². The van der Waals surface area contributed by atoms with Crippen molar-refractivity contribution in [2.24, 2.45) is 0 Å². The van der Waals surface area contributed by atoms with Gasteiger partial charge in [-0.05, 0) is 57.0 Å². The van der Waals surface area contributed by atoms with E-state index in [9.17, 15) is 26.7 Å². The fourth-order valence-corrected chi connectivity index (χ4v) is 5.40. The Labute approximate surface area is 199 Å². The van der Waals surface area contributed by atoms with Crippen LogP contribution in [0.4, 0.5) is 32.4 Å². The zero-order valence-corrected chi connectivity index (χ0v) is 19.2. The Morgan fingerprint density at radius 2 is 1.83 bits per heavy atom. The summed E-state index contributed by atoms with van der Waals surface area (Å²) in [4.78, 5) is 14.7. The Kier molecular flexibility index (Phi) is 7.07. The summed E-state index contributed by atoms with van der Waals surface area (Å²) in [6.45, 7) is -2.15. The molecule has 2 aromatic rings. The molecule has 190 valence electrons. The molecular weight excluding hydrogens is 473 g/mol. The third kappa shape index (κ3) is 5.00. The zero-order chi connectivity index (χ0) is 25.3.